The number of aromatic hydroxyl groups is 1. The molecule has 2 N–H and O–H groups in total. The molecule has 3 heteroatoms. The molecule has 0 saturated heterocycles. The maximum Gasteiger partial charge on any atom is 0.120 e. The van der Waals surface area contributed by atoms with Crippen molar-refractivity contribution >= 4 is 0 Å². The predicted octanol–water partition coefficient (Wildman–Crippen LogP) is 4.54. The number of hydrogen-bond donors (Lipinski definition) is 2. The molecule has 3 nitrogen and oxygen atoms in total. The van der Waals surface area contributed by atoms with E-state index < -0.39 is 0 Å². The summed E-state index contributed by atoms with van der Waals surface area (Å²) in [6.07, 6.45) is 8.06. The van der Waals surface area contributed by atoms with E-state index in [4.69, 9.17) is 0 Å². The smallest absolute Gasteiger partial charge is 0.120 e. The summed E-state index contributed by atoms with van der Waals surface area (Å²) in [6, 6.07) is 4.44. The first kappa shape index (κ1) is 19.3. The quantitative estimate of drug-likeness (QED) is 0.747. The van der Waals surface area contributed by atoms with Crippen LogP contribution in [0.5, 0.6) is 5.75 Å². The highest BCUT2D eigenvalue weighted by Crippen LogP contribution is 2.62. The Balaban J connectivity index is 1.54. The van der Waals surface area contributed by atoms with Crippen LogP contribution in [-0.2, 0) is 13.0 Å². The highest BCUT2D eigenvalue weighted by atomic mass is 16.3. The number of fused-ring (bicyclic) bond motifs is 5. The minimum Gasteiger partial charge on any atom is -0.508 e. The number of rotatable bonds is 5. The Hall–Kier alpha value is -1.06. The highest BCUT2D eigenvalue weighted by Gasteiger charge is 2.53. The summed E-state index contributed by atoms with van der Waals surface area (Å²) >= 11 is 0. The molecule has 0 bridgehead atoms. The topological polar surface area (TPSA) is 35.5 Å². The largest absolute Gasteiger partial charge is 0.508 e. The van der Waals surface area contributed by atoms with E-state index in [1.54, 1.807) is 5.56 Å². The van der Waals surface area contributed by atoms with E-state index >= 15 is 0 Å². The molecule has 0 heterocycles. The van der Waals surface area contributed by atoms with E-state index in [-0.39, 0.29) is 0 Å². The van der Waals surface area contributed by atoms with Gasteiger partial charge in [-0.2, -0.15) is 0 Å². The number of phenolic OH excluding ortho intramolecular Hbond substituents is 1. The van der Waals surface area contributed by atoms with Gasteiger partial charge in [-0.1, -0.05) is 19.9 Å². The van der Waals surface area contributed by atoms with Crippen LogP contribution in [0.25, 0.3) is 0 Å². The van der Waals surface area contributed by atoms with Gasteiger partial charge in [-0.15, -0.1) is 0 Å². The molecule has 0 aromatic heterocycles. The number of hydrogen-bond acceptors (Lipinski definition) is 3. The molecule has 0 amide bonds. The molecule has 1 aromatic carbocycles. The molecule has 0 spiro atoms. The van der Waals surface area contributed by atoms with Gasteiger partial charge >= 0.3 is 0 Å². The Morgan fingerprint density at radius 3 is 2.78 bits per heavy atom. The van der Waals surface area contributed by atoms with Crippen molar-refractivity contribution in [2.24, 2.45) is 23.2 Å². The normalized spacial score (nSPS) is 35.0. The van der Waals surface area contributed by atoms with Crippen LogP contribution < -0.4 is 5.32 Å². The van der Waals surface area contributed by atoms with Crippen LogP contribution in [-0.4, -0.2) is 37.2 Å². The van der Waals surface area contributed by atoms with Crippen molar-refractivity contribution in [2.45, 2.75) is 64.8 Å². The second kappa shape index (κ2) is 7.40. The number of nitrogens with one attached hydrogen (secondary N) is 1. The second-order valence-electron chi connectivity index (χ2n) is 10.1. The fourth-order valence-electron chi connectivity index (χ4n) is 6.59. The van der Waals surface area contributed by atoms with Crippen molar-refractivity contribution in [2.75, 3.05) is 27.2 Å². The number of nitrogens with zero attached hydrogens (tertiary/aromatic N) is 1. The zero-order valence-electron chi connectivity index (χ0n) is 17.7. The van der Waals surface area contributed by atoms with E-state index in [0.717, 1.165) is 55.3 Å². The second-order valence-corrected chi connectivity index (χ2v) is 10.1. The molecule has 1 aromatic rings. The first-order valence-corrected chi connectivity index (χ1v) is 11.1. The van der Waals surface area contributed by atoms with Gasteiger partial charge in [0.2, 0.25) is 0 Å². The van der Waals surface area contributed by atoms with E-state index in [1.807, 2.05) is 0 Å². The van der Waals surface area contributed by atoms with Crippen LogP contribution in [0.3, 0.4) is 0 Å². The van der Waals surface area contributed by atoms with E-state index in [0.29, 0.717) is 11.2 Å². The van der Waals surface area contributed by atoms with Crippen molar-refractivity contribution in [3.8, 4) is 5.75 Å². The highest BCUT2D eigenvalue weighted by molar-refractivity contribution is 5.45. The minimum atomic E-state index is 0.486. The fraction of sp³-hybridized carbons (Fsp3) is 0.750. The molecule has 0 radical (unpaired) electrons. The Kier molecular flexibility index (Phi) is 5.28. The number of aryl methyl sites for hydroxylation is 1. The maximum absolute atomic E-state index is 10.5. The zero-order chi connectivity index (χ0) is 19.2. The van der Waals surface area contributed by atoms with Crippen molar-refractivity contribution in [3.63, 3.8) is 0 Å². The third-order valence-corrected chi connectivity index (χ3v) is 8.45. The van der Waals surface area contributed by atoms with Gasteiger partial charge in [0.15, 0.2) is 0 Å². The Morgan fingerprint density at radius 1 is 1.19 bits per heavy atom. The molecule has 0 aliphatic heterocycles. The number of benzene rings is 1. The fourth-order valence-corrected chi connectivity index (χ4v) is 6.59. The van der Waals surface area contributed by atoms with Crippen LogP contribution >= 0.6 is 0 Å². The van der Waals surface area contributed by atoms with Gasteiger partial charge in [-0.3, -0.25) is 0 Å². The summed E-state index contributed by atoms with van der Waals surface area (Å²) < 4.78 is 0. The van der Waals surface area contributed by atoms with E-state index in [1.165, 1.54) is 37.7 Å². The number of phenols is 1. The van der Waals surface area contributed by atoms with Gasteiger partial charge in [0.1, 0.15) is 5.75 Å². The molecule has 27 heavy (non-hydrogen) atoms. The third kappa shape index (κ3) is 3.42. The first-order chi connectivity index (χ1) is 12.9. The lowest BCUT2D eigenvalue weighted by molar-refractivity contribution is 0.0336. The van der Waals surface area contributed by atoms with Crippen molar-refractivity contribution in [1.29, 1.82) is 0 Å². The van der Waals surface area contributed by atoms with Crippen molar-refractivity contribution in [1.82, 2.24) is 10.2 Å². The molecule has 3 aliphatic rings. The van der Waals surface area contributed by atoms with Gasteiger partial charge < -0.3 is 15.3 Å². The summed E-state index contributed by atoms with van der Waals surface area (Å²) in [7, 11) is 4.19. The van der Waals surface area contributed by atoms with Gasteiger partial charge in [0.25, 0.3) is 0 Å². The summed E-state index contributed by atoms with van der Waals surface area (Å²) in [6.45, 7) is 7.82. The molecule has 2 saturated carbocycles. The van der Waals surface area contributed by atoms with E-state index in [9.17, 15) is 5.11 Å². The summed E-state index contributed by atoms with van der Waals surface area (Å²) in [5.74, 6) is 3.87. The Bertz CT molecular complexity index is 685. The van der Waals surface area contributed by atoms with Gasteiger partial charge in [0, 0.05) is 25.2 Å². The lowest BCUT2D eigenvalue weighted by Gasteiger charge is -2.50. The summed E-state index contributed by atoms with van der Waals surface area (Å²) in [5, 5.41) is 14.0. The summed E-state index contributed by atoms with van der Waals surface area (Å²) in [4.78, 5) is 2.19. The van der Waals surface area contributed by atoms with Gasteiger partial charge in [0.05, 0.1) is 0 Å². The summed E-state index contributed by atoms with van der Waals surface area (Å²) in [5.41, 5.74) is 4.64. The molecule has 2 fully saturated rings. The Morgan fingerprint density at radius 2 is 2.00 bits per heavy atom. The zero-order valence-corrected chi connectivity index (χ0v) is 17.7. The van der Waals surface area contributed by atoms with Crippen molar-refractivity contribution in [3.05, 3.63) is 28.8 Å². The molecular weight excluding hydrogens is 332 g/mol. The molecule has 0 unspecified atom stereocenters. The standard InChI is InChI=1S/C24H38N2O/c1-16-5-8-22-20-7-6-17-14-23(27)18(15-25-11-12-26(3)4)13-21(17)19(20)9-10-24(16,22)2/h13-14,16,19-20,22,25,27H,5-12,15H2,1-4H3/t16-,19-,20+,22-,24+/m0/s1. The first-order valence-electron chi connectivity index (χ1n) is 11.1. The van der Waals surface area contributed by atoms with E-state index in [2.05, 4.69) is 50.3 Å². The lowest BCUT2D eigenvalue weighted by atomic mass is 9.54. The van der Waals surface area contributed by atoms with Crippen molar-refractivity contribution < 1.29 is 5.11 Å². The third-order valence-electron chi connectivity index (χ3n) is 8.45. The minimum absolute atomic E-state index is 0.486. The SMILES string of the molecule is C[C@H]1CC[C@H]2[C@@H]3CCc4cc(O)c(CNCCN(C)C)cc4[C@H]3CC[C@]12C. The van der Waals surface area contributed by atoms with Crippen LogP contribution in [0, 0.1) is 23.2 Å². The molecule has 3 aliphatic carbocycles. The lowest BCUT2D eigenvalue weighted by Crippen LogP contribution is -2.41. The van der Waals surface area contributed by atoms with Crippen LogP contribution in [0.1, 0.15) is 68.6 Å². The maximum atomic E-state index is 10.5. The average molecular weight is 371 g/mol. The van der Waals surface area contributed by atoms with Crippen LogP contribution in [0.4, 0.5) is 0 Å². The molecule has 5 atom stereocenters. The molecule has 4 rings (SSSR count). The van der Waals surface area contributed by atoms with Crippen LogP contribution in [0.15, 0.2) is 12.1 Å². The Labute approximate surface area is 165 Å². The van der Waals surface area contributed by atoms with Gasteiger partial charge in [-0.25, -0.2) is 0 Å². The molecular formula is C24H38N2O. The van der Waals surface area contributed by atoms with Crippen LogP contribution in [0.2, 0.25) is 0 Å². The monoisotopic (exact) mass is 370 g/mol. The average Bonchev–Trinajstić information content (AvgIpc) is 2.94. The number of likely N-dealkylation sites (N-methyl/N-ethyl adjacent to an activating group) is 1. The predicted molar refractivity (Wildman–Crippen MR) is 112 cm³/mol. The van der Waals surface area contributed by atoms with Gasteiger partial charge in [-0.05, 0) is 98.9 Å². The molecule has 150 valence electrons.